The molecule has 1 aliphatic rings. The van der Waals surface area contributed by atoms with Crippen LogP contribution in [0.4, 0.5) is 0 Å². The molecule has 0 bridgehead atoms. The molecule has 0 fully saturated rings. The van der Waals surface area contributed by atoms with Gasteiger partial charge in [0.05, 0.1) is 6.42 Å². The van der Waals surface area contributed by atoms with Crippen molar-refractivity contribution in [1.82, 2.24) is 4.90 Å². The Morgan fingerprint density at radius 3 is 2.83 bits per heavy atom. The first-order valence-electron chi connectivity index (χ1n) is 6.74. The van der Waals surface area contributed by atoms with Crippen molar-refractivity contribution in [3.05, 3.63) is 34.9 Å². The molecule has 18 heavy (non-hydrogen) atoms. The van der Waals surface area contributed by atoms with Crippen LogP contribution in [0.3, 0.4) is 0 Å². The SMILES string of the molecule is CCN(CCC(=O)O)Cc1ccc2c(c1)CCC2. The topological polar surface area (TPSA) is 40.5 Å². The van der Waals surface area contributed by atoms with E-state index in [9.17, 15) is 4.79 Å². The molecule has 0 atom stereocenters. The van der Waals surface area contributed by atoms with Crippen molar-refractivity contribution in [3.63, 3.8) is 0 Å². The van der Waals surface area contributed by atoms with Crippen molar-refractivity contribution in [3.8, 4) is 0 Å². The number of aliphatic carboxylic acids is 1. The van der Waals surface area contributed by atoms with Crippen molar-refractivity contribution in [1.29, 1.82) is 0 Å². The summed E-state index contributed by atoms with van der Waals surface area (Å²) in [7, 11) is 0. The van der Waals surface area contributed by atoms with E-state index in [1.165, 1.54) is 36.0 Å². The van der Waals surface area contributed by atoms with Crippen LogP contribution in [0.5, 0.6) is 0 Å². The lowest BCUT2D eigenvalue weighted by molar-refractivity contribution is -0.137. The largest absolute Gasteiger partial charge is 0.481 e. The summed E-state index contributed by atoms with van der Waals surface area (Å²) in [5.74, 6) is -0.720. The highest BCUT2D eigenvalue weighted by Crippen LogP contribution is 2.23. The van der Waals surface area contributed by atoms with Gasteiger partial charge in [0.2, 0.25) is 0 Å². The molecule has 0 spiro atoms. The molecule has 0 radical (unpaired) electrons. The molecule has 0 amide bonds. The minimum atomic E-state index is -0.720. The van der Waals surface area contributed by atoms with Gasteiger partial charge in [-0.15, -0.1) is 0 Å². The Hall–Kier alpha value is -1.35. The first kappa shape index (κ1) is 13.1. The lowest BCUT2D eigenvalue weighted by atomic mass is 10.1. The van der Waals surface area contributed by atoms with Crippen LogP contribution in [0.25, 0.3) is 0 Å². The smallest absolute Gasteiger partial charge is 0.304 e. The number of nitrogens with zero attached hydrogens (tertiary/aromatic N) is 1. The quantitative estimate of drug-likeness (QED) is 0.839. The van der Waals surface area contributed by atoms with E-state index < -0.39 is 5.97 Å². The standard InChI is InChI=1S/C15H21NO2/c1-2-16(9-8-15(17)18)11-12-6-7-13-4-3-5-14(13)10-12/h6-7,10H,2-5,8-9,11H2,1H3,(H,17,18). The highest BCUT2D eigenvalue weighted by molar-refractivity contribution is 5.66. The van der Waals surface area contributed by atoms with Gasteiger partial charge in [-0.2, -0.15) is 0 Å². The van der Waals surface area contributed by atoms with E-state index in [1.54, 1.807) is 0 Å². The van der Waals surface area contributed by atoms with Crippen molar-refractivity contribution in [2.24, 2.45) is 0 Å². The summed E-state index contributed by atoms with van der Waals surface area (Å²) < 4.78 is 0. The Morgan fingerprint density at radius 2 is 2.11 bits per heavy atom. The monoisotopic (exact) mass is 247 g/mol. The minimum absolute atomic E-state index is 0.221. The van der Waals surface area contributed by atoms with E-state index in [0.717, 1.165) is 13.1 Å². The maximum absolute atomic E-state index is 10.6. The highest BCUT2D eigenvalue weighted by atomic mass is 16.4. The lowest BCUT2D eigenvalue weighted by Crippen LogP contribution is -2.25. The predicted molar refractivity (Wildman–Crippen MR) is 71.7 cm³/mol. The maximum atomic E-state index is 10.6. The fourth-order valence-electron chi connectivity index (χ4n) is 2.58. The molecule has 2 rings (SSSR count). The molecule has 1 N–H and O–H groups in total. The van der Waals surface area contributed by atoms with Crippen LogP contribution < -0.4 is 0 Å². The van der Waals surface area contributed by atoms with Gasteiger partial charge in [0.15, 0.2) is 0 Å². The fourth-order valence-corrected chi connectivity index (χ4v) is 2.58. The number of benzene rings is 1. The van der Waals surface area contributed by atoms with Gasteiger partial charge in [0.1, 0.15) is 0 Å². The van der Waals surface area contributed by atoms with Crippen molar-refractivity contribution in [2.45, 2.75) is 39.2 Å². The number of fused-ring (bicyclic) bond motifs is 1. The van der Waals surface area contributed by atoms with Crippen molar-refractivity contribution in [2.75, 3.05) is 13.1 Å². The third kappa shape index (κ3) is 3.33. The summed E-state index contributed by atoms with van der Waals surface area (Å²) >= 11 is 0. The lowest BCUT2D eigenvalue weighted by Gasteiger charge is -2.19. The fraction of sp³-hybridized carbons (Fsp3) is 0.533. The third-order valence-corrected chi connectivity index (χ3v) is 3.66. The van der Waals surface area contributed by atoms with Crippen LogP contribution in [0.2, 0.25) is 0 Å². The van der Waals surface area contributed by atoms with Crippen LogP contribution in [0.1, 0.15) is 36.5 Å². The number of rotatable bonds is 6. The van der Waals surface area contributed by atoms with E-state index >= 15 is 0 Å². The summed E-state index contributed by atoms with van der Waals surface area (Å²) in [4.78, 5) is 12.8. The zero-order valence-corrected chi connectivity index (χ0v) is 11.0. The molecule has 98 valence electrons. The Labute approximate surface area is 108 Å². The predicted octanol–water partition coefficient (Wildman–Crippen LogP) is 2.47. The summed E-state index contributed by atoms with van der Waals surface area (Å²) in [5, 5.41) is 8.72. The molecule has 0 unspecified atom stereocenters. The van der Waals surface area contributed by atoms with E-state index in [0.29, 0.717) is 6.54 Å². The number of carbonyl (C=O) groups is 1. The van der Waals surface area contributed by atoms with Gasteiger partial charge in [0, 0.05) is 13.1 Å². The molecule has 0 saturated heterocycles. The zero-order chi connectivity index (χ0) is 13.0. The second kappa shape index (κ2) is 6.01. The van der Waals surface area contributed by atoms with E-state index in [1.807, 2.05) is 0 Å². The molecule has 0 aromatic heterocycles. The van der Waals surface area contributed by atoms with Gasteiger partial charge in [-0.3, -0.25) is 9.69 Å². The van der Waals surface area contributed by atoms with Crippen LogP contribution in [0, 0.1) is 0 Å². The number of hydrogen-bond donors (Lipinski definition) is 1. The third-order valence-electron chi connectivity index (χ3n) is 3.66. The normalized spacial score (nSPS) is 13.9. The average Bonchev–Trinajstić information content (AvgIpc) is 2.81. The molecule has 1 aromatic carbocycles. The molecular weight excluding hydrogens is 226 g/mol. The molecule has 0 saturated carbocycles. The first-order chi connectivity index (χ1) is 8.69. The van der Waals surface area contributed by atoms with Crippen LogP contribution in [-0.2, 0) is 24.2 Å². The number of hydrogen-bond acceptors (Lipinski definition) is 2. The summed E-state index contributed by atoms with van der Waals surface area (Å²) in [6.07, 6.45) is 3.91. The molecule has 1 aliphatic carbocycles. The molecule has 0 heterocycles. The second-order valence-electron chi connectivity index (χ2n) is 4.97. The van der Waals surface area contributed by atoms with Crippen molar-refractivity contribution < 1.29 is 9.90 Å². The Balaban J connectivity index is 1.96. The van der Waals surface area contributed by atoms with Crippen LogP contribution >= 0.6 is 0 Å². The molecule has 1 aromatic rings. The van der Waals surface area contributed by atoms with E-state index in [4.69, 9.17) is 5.11 Å². The molecule has 3 heteroatoms. The maximum Gasteiger partial charge on any atom is 0.304 e. The summed E-state index contributed by atoms with van der Waals surface area (Å²) in [6, 6.07) is 6.72. The Bertz CT molecular complexity index is 429. The summed E-state index contributed by atoms with van der Waals surface area (Å²) in [5.41, 5.74) is 4.29. The Morgan fingerprint density at radius 1 is 1.33 bits per heavy atom. The molecular formula is C15H21NO2. The number of carboxylic acids is 1. The highest BCUT2D eigenvalue weighted by Gasteiger charge is 2.12. The van der Waals surface area contributed by atoms with Gasteiger partial charge in [-0.1, -0.05) is 25.1 Å². The van der Waals surface area contributed by atoms with Gasteiger partial charge in [0.25, 0.3) is 0 Å². The zero-order valence-electron chi connectivity index (χ0n) is 11.0. The second-order valence-corrected chi connectivity index (χ2v) is 4.97. The Kier molecular flexibility index (Phi) is 4.37. The number of aryl methyl sites for hydroxylation is 2. The average molecular weight is 247 g/mol. The van der Waals surface area contributed by atoms with Crippen LogP contribution in [0.15, 0.2) is 18.2 Å². The van der Waals surface area contributed by atoms with Crippen LogP contribution in [-0.4, -0.2) is 29.1 Å². The van der Waals surface area contributed by atoms with E-state index in [-0.39, 0.29) is 6.42 Å². The van der Waals surface area contributed by atoms with E-state index in [2.05, 4.69) is 30.0 Å². The van der Waals surface area contributed by atoms with Gasteiger partial charge in [-0.05, 0) is 42.5 Å². The van der Waals surface area contributed by atoms with Gasteiger partial charge >= 0.3 is 5.97 Å². The van der Waals surface area contributed by atoms with Gasteiger partial charge in [-0.25, -0.2) is 0 Å². The molecule has 0 aliphatic heterocycles. The minimum Gasteiger partial charge on any atom is -0.481 e. The number of carboxylic acid groups (broad SMARTS) is 1. The summed E-state index contributed by atoms with van der Waals surface area (Å²) in [6.45, 7) is 4.46. The van der Waals surface area contributed by atoms with Crippen molar-refractivity contribution >= 4 is 5.97 Å². The first-order valence-corrected chi connectivity index (χ1v) is 6.74. The molecule has 3 nitrogen and oxygen atoms in total. The van der Waals surface area contributed by atoms with Gasteiger partial charge < -0.3 is 5.11 Å².